The van der Waals surface area contributed by atoms with E-state index in [9.17, 15) is 8.42 Å². The van der Waals surface area contributed by atoms with Crippen molar-refractivity contribution >= 4 is 55.3 Å². The van der Waals surface area contributed by atoms with Gasteiger partial charge in [0.05, 0.1) is 11.7 Å². The van der Waals surface area contributed by atoms with E-state index in [0.717, 1.165) is 33.9 Å². The summed E-state index contributed by atoms with van der Waals surface area (Å²) in [7, 11) is -3.67. The summed E-state index contributed by atoms with van der Waals surface area (Å²) >= 11 is 7.15. The molecule has 2 aromatic heterocycles. The standard InChI is InChI=1S/C17H13ClN4O2S2/c18-10-4-5-13-11(8-10)12-9-22(7-6-14(12)19-13)26(23,24)16-3-1-2-15-17(16)21-25-20-15/h1-5,8,19H,6-7,9H2. The Bertz CT molecular complexity index is 1260. The molecule has 0 radical (unpaired) electrons. The number of aromatic nitrogens is 3. The maximum absolute atomic E-state index is 13.3. The minimum absolute atomic E-state index is 0.213. The first-order valence-electron chi connectivity index (χ1n) is 8.04. The number of benzene rings is 2. The van der Waals surface area contributed by atoms with Crippen molar-refractivity contribution in [2.45, 2.75) is 17.9 Å². The van der Waals surface area contributed by atoms with E-state index in [2.05, 4.69) is 13.7 Å². The summed E-state index contributed by atoms with van der Waals surface area (Å²) in [6.45, 7) is 0.732. The molecule has 0 bridgehead atoms. The molecule has 3 heterocycles. The third-order valence-corrected chi connectivity index (χ3v) is 7.42. The van der Waals surface area contributed by atoms with E-state index in [1.807, 2.05) is 18.2 Å². The quantitative estimate of drug-likeness (QED) is 0.554. The normalized spacial score (nSPS) is 15.6. The molecule has 1 N–H and O–H groups in total. The zero-order valence-electron chi connectivity index (χ0n) is 13.4. The summed E-state index contributed by atoms with van der Waals surface area (Å²) in [5.41, 5.74) is 4.07. The second-order valence-corrected chi connectivity index (χ2v) is 9.12. The van der Waals surface area contributed by atoms with Gasteiger partial charge in [-0.2, -0.15) is 13.1 Å². The average molecular weight is 405 g/mol. The van der Waals surface area contributed by atoms with Crippen molar-refractivity contribution in [3.8, 4) is 0 Å². The number of hydrogen-bond donors (Lipinski definition) is 1. The fourth-order valence-corrected chi connectivity index (χ4v) is 5.83. The third-order valence-electron chi connectivity index (χ3n) is 4.77. The monoisotopic (exact) mass is 404 g/mol. The van der Waals surface area contributed by atoms with Crippen LogP contribution in [0.5, 0.6) is 0 Å². The number of nitrogens with one attached hydrogen (secondary N) is 1. The molecule has 0 amide bonds. The smallest absolute Gasteiger partial charge is 0.245 e. The van der Waals surface area contributed by atoms with Gasteiger partial charge < -0.3 is 4.98 Å². The Morgan fingerprint density at radius 3 is 2.96 bits per heavy atom. The largest absolute Gasteiger partial charge is 0.358 e. The predicted molar refractivity (Wildman–Crippen MR) is 102 cm³/mol. The molecule has 1 aliphatic heterocycles. The van der Waals surface area contributed by atoms with Gasteiger partial charge in [-0.05, 0) is 35.9 Å². The van der Waals surface area contributed by atoms with Gasteiger partial charge in [-0.1, -0.05) is 17.7 Å². The number of fused-ring (bicyclic) bond motifs is 4. The molecule has 6 nitrogen and oxygen atoms in total. The molecule has 5 rings (SSSR count). The third kappa shape index (κ3) is 2.37. The van der Waals surface area contributed by atoms with Crippen LogP contribution in [-0.4, -0.2) is 33.0 Å². The van der Waals surface area contributed by atoms with Crippen molar-refractivity contribution in [3.05, 3.63) is 52.7 Å². The van der Waals surface area contributed by atoms with Crippen LogP contribution in [0.3, 0.4) is 0 Å². The van der Waals surface area contributed by atoms with Gasteiger partial charge in [0.25, 0.3) is 0 Å². The van der Waals surface area contributed by atoms with E-state index >= 15 is 0 Å². The summed E-state index contributed by atoms with van der Waals surface area (Å²) in [6.07, 6.45) is 0.631. The van der Waals surface area contributed by atoms with Gasteiger partial charge in [0.15, 0.2) is 0 Å². The molecule has 26 heavy (non-hydrogen) atoms. The van der Waals surface area contributed by atoms with Crippen molar-refractivity contribution in [2.24, 2.45) is 0 Å². The lowest BCUT2D eigenvalue weighted by molar-refractivity contribution is 0.391. The molecule has 0 aliphatic carbocycles. The Morgan fingerprint density at radius 1 is 1.19 bits per heavy atom. The molecule has 0 saturated heterocycles. The molecular formula is C17H13ClN4O2S2. The Hall–Kier alpha value is -2.00. The zero-order valence-corrected chi connectivity index (χ0v) is 15.8. The number of halogens is 1. The second kappa shape index (κ2) is 5.75. The predicted octanol–water partition coefficient (Wildman–Crippen LogP) is 3.57. The van der Waals surface area contributed by atoms with E-state index in [1.165, 1.54) is 4.31 Å². The first-order chi connectivity index (χ1) is 12.5. The first-order valence-corrected chi connectivity index (χ1v) is 10.6. The van der Waals surface area contributed by atoms with Crippen LogP contribution in [-0.2, 0) is 23.0 Å². The van der Waals surface area contributed by atoms with Crippen molar-refractivity contribution in [2.75, 3.05) is 6.54 Å². The SMILES string of the molecule is O=S(=O)(c1cccc2nsnc12)N1CCc2[nH]c3ccc(Cl)cc3c2C1. The Kier molecular flexibility index (Phi) is 3.58. The van der Waals surface area contributed by atoms with Gasteiger partial charge in [0.1, 0.15) is 15.9 Å². The number of sulfonamides is 1. The van der Waals surface area contributed by atoms with Crippen molar-refractivity contribution in [1.82, 2.24) is 18.0 Å². The molecule has 4 aromatic rings. The van der Waals surface area contributed by atoms with Crippen LogP contribution in [0.2, 0.25) is 5.02 Å². The average Bonchev–Trinajstić information content (AvgIpc) is 3.24. The van der Waals surface area contributed by atoms with Gasteiger partial charge in [-0.25, -0.2) is 8.42 Å². The van der Waals surface area contributed by atoms with E-state index < -0.39 is 10.0 Å². The Labute approximate surface area is 158 Å². The van der Waals surface area contributed by atoms with Gasteiger partial charge >= 0.3 is 0 Å². The molecule has 132 valence electrons. The maximum atomic E-state index is 13.3. The Morgan fingerprint density at radius 2 is 2.08 bits per heavy atom. The molecule has 0 fully saturated rings. The number of H-pyrrole nitrogens is 1. The van der Waals surface area contributed by atoms with Crippen LogP contribution in [0.1, 0.15) is 11.3 Å². The first kappa shape index (κ1) is 16.2. The van der Waals surface area contributed by atoms with Crippen LogP contribution in [0.15, 0.2) is 41.3 Å². The van der Waals surface area contributed by atoms with Crippen LogP contribution in [0.25, 0.3) is 21.9 Å². The van der Waals surface area contributed by atoms with Crippen molar-refractivity contribution in [1.29, 1.82) is 0 Å². The van der Waals surface area contributed by atoms with Gasteiger partial charge in [-0.15, -0.1) is 0 Å². The summed E-state index contributed by atoms with van der Waals surface area (Å²) in [4.78, 5) is 3.59. The van der Waals surface area contributed by atoms with Crippen LogP contribution >= 0.6 is 23.3 Å². The summed E-state index contributed by atoms with van der Waals surface area (Å²) in [5, 5.41) is 1.61. The topological polar surface area (TPSA) is 79.0 Å². The zero-order chi connectivity index (χ0) is 17.9. The van der Waals surface area contributed by atoms with E-state index in [1.54, 1.807) is 18.2 Å². The molecule has 0 atom stereocenters. The lowest BCUT2D eigenvalue weighted by Gasteiger charge is -2.26. The summed E-state index contributed by atoms with van der Waals surface area (Å²) in [5.74, 6) is 0. The molecule has 0 saturated carbocycles. The van der Waals surface area contributed by atoms with Crippen molar-refractivity contribution < 1.29 is 8.42 Å². The van der Waals surface area contributed by atoms with Crippen LogP contribution in [0, 0.1) is 0 Å². The maximum Gasteiger partial charge on any atom is 0.245 e. The number of aromatic amines is 1. The minimum atomic E-state index is -3.67. The van der Waals surface area contributed by atoms with Gasteiger partial charge in [0.2, 0.25) is 10.0 Å². The number of rotatable bonds is 2. The van der Waals surface area contributed by atoms with E-state index in [-0.39, 0.29) is 4.90 Å². The summed E-state index contributed by atoms with van der Waals surface area (Å²) < 4.78 is 36.4. The highest BCUT2D eigenvalue weighted by atomic mass is 35.5. The lowest BCUT2D eigenvalue weighted by Crippen LogP contribution is -2.35. The van der Waals surface area contributed by atoms with Crippen molar-refractivity contribution in [3.63, 3.8) is 0 Å². The fourth-order valence-electron chi connectivity index (χ4n) is 3.50. The minimum Gasteiger partial charge on any atom is -0.358 e. The van der Waals surface area contributed by atoms with Gasteiger partial charge in [0, 0.05) is 41.1 Å². The highest BCUT2D eigenvalue weighted by molar-refractivity contribution is 7.89. The molecule has 9 heteroatoms. The fraction of sp³-hybridized carbons (Fsp3) is 0.176. The van der Waals surface area contributed by atoms with Crippen LogP contribution < -0.4 is 0 Å². The van der Waals surface area contributed by atoms with E-state index in [4.69, 9.17) is 11.6 Å². The Balaban J connectivity index is 1.61. The molecule has 1 aliphatic rings. The second-order valence-electron chi connectivity index (χ2n) is 6.25. The number of hydrogen-bond acceptors (Lipinski definition) is 5. The molecular weight excluding hydrogens is 392 g/mol. The lowest BCUT2D eigenvalue weighted by atomic mass is 10.1. The molecule has 0 unspecified atom stereocenters. The van der Waals surface area contributed by atoms with Gasteiger partial charge in [-0.3, -0.25) is 0 Å². The van der Waals surface area contributed by atoms with E-state index in [0.29, 0.717) is 35.6 Å². The molecule has 2 aromatic carbocycles. The van der Waals surface area contributed by atoms with Crippen LogP contribution in [0.4, 0.5) is 0 Å². The highest BCUT2D eigenvalue weighted by Crippen LogP contribution is 2.33. The summed E-state index contributed by atoms with van der Waals surface area (Å²) in [6, 6.07) is 10.7. The number of nitrogens with zero attached hydrogens (tertiary/aromatic N) is 3. The molecule has 0 spiro atoms. The highest BCUT2D eigenvalue weighted by Gasteiger charge is 2.32.